The Hall–Kier alpha value is -1.18. The van der Waals surface area contributed by atoms with Gasteiger partial charge in [-0.2, -0.15) is 13.2 Å². The minimum absolute atomic E-state index is 0.0555. The Morgan fingerprint density at radius 2 is 2.00 bits per heavy atom. The van der Waals surface area contributed by atoms with E-state index in [2.05, 4.69) is 10.1 Å². The molecule has 8 heteroatoms. The van der Waals surface area contributed by atoms with Gasteiger partial charge in [-0.1, -0.05) is 24.6 Å². The van der Waals surface area contributed by atoms with Gasteiger partial charge in [0.05, 0.1) is 16.6 Å². The minimum atomic E-state index is -4.45. The molecule has 1 aromatic rings. The molecule has 4 nitrogen and oxygen atoms in total. The van der Waals surface area contributed by atoms with Crippen LogP contribution in [0.3, 0.4) is 0 Å². The van der Waals surface area contributed by atoms with Crippen molar-refractivity contribution in [2.75, 3.05) is 0 Å². The summed E-state index contributed by atoms with van der Waals surface area (Å²) >= 11 is 0.598. The topological polar surface area (TPSA) is 50.1 Å². The highest BCUT2D eigenvalue weighted by Crippen LogP contribution is 2.49. The molecule has 0 amide bonds. The van der Waals surface area contributed by atoms with E-state index in [1.165, 1.54) is 0 Å². The van der Waals surface area contributed by atoms with Crippen LogP contribution in [0.1, 0.15) is 49.5 Å². The van der Waals surface area contributed by atoms with Crippen LogP contribution in [0.4, 0.5) is 19.0 Å². The molecular weight excluding hydrogens is 291 g/mol. The first-order chi connectivity index (χ1) is 9.38. The Bertz CT molecular complexity index is 610. The summed E-state index contributed by atoms with van der Waals surface area (Å²) in [6.07, 6.45) is -0.657. The molecule has 1 atom stereocenters. The number of nitrogens with zero attached hydrogens (tertiary/aromatic N) is 2. The smallest absolute Gasteiger partial charge is 0.268 e. The third-order valence-electron chi connectivity index (χ3n) is 3.74. The summed E-state index contributed by atoms with van der Waals surface area (Å²) in [5.74, 6) is 0.167. The second-order valence-electron chi connectivity index (χ2n) is 5.16. The van der Waals surface area contributed by atoms with E-state index in [0.29, 0.717) is 16.8 Å². The summed E-state index contributed by atoms with van der Waals surface area (Å²) in [7, 11) is 0. The van der Waals surface area contributed by atoms with E-state index in [4.69, 9.17) is 0 Å². The standard InChI is InChI=1S/C12H14F3N3OS/c1-6-16-10-8(9(20-6)12(13,14)15)11(19)17-18(10)7-4-2-3-5-7/h7,9H,2-5H2,1H3,(H,17,19)/t9-/m1/s1. The SMILES string of the molecule is CC1=Nc2c(c(=O)[nH]n2C2CCCC2)[C@H](C(F)(F)F)S1. The van der Waals surface area contributed by atoms with Crippen molar-refractivity contribution in [1.82, 2.24) is 9.78 Å². The van der Waals surface area contributed by atoms with Gasteiger partial charge in [-0.25, -0.2) is 4.99 Å². The van der Waals surface area contributed by atoms with Crippen molar-refractivity contribution in [2.24, 2.45) is 4.99 Å². The lowest BCUT2D eigenvalue weighted by Gasteiger charge is -2.23. The molecule has 1 aromatic heterocycles. The molecule has 1 fully saturated rings. The maximum atomic E-state index is 13.1. The van der Waals surface area contributed by atoms with E-state index in [9.17, 15) is 18.0 Å². The lowest BCUT2D eigenvalue weighted by Crippen LogP contribution is -2.25. The normalized spacial score (nSPS) is 23.8. The number of hydrogen-bond acceptors (Lipinski definition) is 3. The molecule has 3 rings (SSSR count). The second-order valence-corrected chi connectivity index (χ2v) is 6.45. The molecule has 0 unspecified atom stereocenters. The van der Waals surface area contributed by atoms with Gasteiger partial charge in [0.1, 0.15) is 5.25 Å². The van der Waals surface area contributed by atoms with E-state index in [0.717, 1.165) is 25.7 Å². The summed E-state index contributed by atoms with van der Waals surface area (Å²) in [4.78, 5) is 16.1. The summed E-state index contributed by atoms with van der Waals surface area (Å²) in [5.41, 5.74) is -0.919. The largest absolute Gasteiger partial charge is 0.405 e. The van der Waals surface area contributed by atoms with Crippen molar-refractivity contribution in [3.8, 4) is 0 Å². The predicted molar refractivity (Wildman–Crippen MR) is 71.7 cm³/mol. The van der Waals surface area contributed by atoms with Gasteiger partial charge in [0.15, 0.2) is 5.82 Å². The van der Waals surface area contributed by atoms with Crippen LogP contribution in [0.15, 0.2) is 9.79 Å². The molecule has 2 aliphatic rings. The van der Waals surface area contributed by atoms with Crippen LogP contribution in [0.5, 0.6) is 0 Å². The number of aliphatic imine (C=N–C) groups is 1. The van der Waals surface area contributed by atoms with Gasteiger partial charge in [-0.15, -0.1) is 0 Å². The highest BCUT2D eigenvalue weighted by molar-refractivity contribution is 8.14. The summed E-state index contributed by atoms with van der Waals surface area (Å²) in [5, 5.41) is 1.08. The number of fused-ring (bicyclic) bond motifs is 1. The molecule has 0 radical (unpaired) electrons. The zero-order valence-corrected chi connectivity index (χ0v) is 11.6. The summed E-state index contributed by atoms with van der Waals surface area (Å²) < 4.78 is 40.9. The van der Waals surface area contributed by atoms with E-state index >= 15 is 0 Å². The van der Waals surface area contributed by atoms with Gasteiger partial charge >= 0.3 is 6.18 Å². The fourth-order valence-electron chi connectivity index (χ4n) is 2.87. The first-order valence-corrected chi connectivity index (χ1v) is 7.39. The van der Waals surface area contributed by atoms with Gasteiger partial charge in [0, 0.05) is 0 Å². The maximum Gasteiger partial charge on any atom is 0.405 e. The third-order valence-corrected chi connectivity index (χ3v) is 4.91. The van der Waals surface area contributed by atoms with E-state index in [1.54, 1.807) is 11.6 Å². The fraction of sp³-hybridized carbons (Fsp3) is 0.667. The number of rotatable bonds is 1. The lowest BCUT2D eigenvalue weighted by atomic mass is 10.2. The Morgan fingerprint density at radius 3 is 2.60 bits per heavy atom. The van der Waals surface area contributed by atoms with E-state index in [-0.39, 0.29) is 17.4 Å². The number of aromatic nitrogens is 2. The van der Waals surface area contributed by atoms with Crippen LogP contribution in [0.2, 0.25) is 0 Å². The quantitative estimate of drug-likeness (QED) is 0.860. The van der Waals surface area contributed by atoms with Gasteiger partial charge < -0.3 is 0 Å². The second kappa shape index (κ2) is 4.68. The predicted octanol–water partition coefficient (Wildman–Crippen LogP) is 3.69. The Kier molecular flexibility index (Phi) is 3.23. The van der Waals surface area contributed by atoms with Crippen molar-refractivity contribution in [2.45, 2.75) is 50.1 Å². The third kappa shape index (κ3) is 2.19. The molecular formula is C12H14F3N3OS. The van der Waals surface area contributed by atoms with Gasteiger partial charge in [0.2, 0.25) is 0 Å². The zero-order valence-electron chi connectivity index (χ0n) is 10.8. The molecule has 2 heterocycles. The zero-order chi connectivity index (χ0) is 14.5. The fourth-order valence-corrected chi connectivity index (χ4v) is 3.81. The first kappa shape index (κ1) is 13.8. The van der Waals surface area contributed by atoms with Crippen molar-refractivity contribution < 1.29 is 13.2 Å². The average molecular weight is 305 g/mol. The Morgan fingerprint density at radius 1 is 1.35 bits per heavy atom. The highest BCUT2D eigenvalue weighted by atomic mass is 32.2. The molecule has 20 heavy (non-hydrogen) atoms. The van der Waals surface area contributed by atoms with Crippen LogP contribution in [-0.4, -0.2) is 21.0 Å². The summed E-state index contributed by atoms with van der Waals surface area (Å²) in [6.45, 7) is 1.54. The van der Waals surface area contributed by atoms with Crippen molar-refractivity contribution in [1.29, 1.82) is 0 Å². The van der Waals surface area contributed by atoms with Crippen LogP contribution >= 0.6 is 11.8 Å². The van der Waals surface area contributed by atoms with Gasteiger partial charge in [-0.3, -0.25) is 14.6 Å². The van der Waals surface area contributed by atoms with Crippen LogP contribution in [-0.2, 0) is 0 Å². The molecule has 0 bridgehead atoms. The molecule has 1 saturated carbocycles. The van der Waals surface area contributed by atoms with Crippen molar-refractivity contribution in [3.05, 3.63) is 15.9 Å². The number of halogens is 3. The van der Waals surface area contributed by atoms with Crippen LogP contribution in [0, 0.1) is 0 Å². The first-order valence-electron chi connectivity index (χ1n) is 6.51. The Balaban J connectivity index is 2.14. The number of H-pyrrole nitrogens is 1. The van der Waals surface area contributed by atoms with Gasteiger partial charge in [-0.05, 0) is 19.8 Å². The van der Waals surface area contributed by atoms with E-state index < -0.39 is 17.0 Å². The highest BCUT2D eigenvalue weighted by Gasteiger charge is 2.47. The molecule has 0 spiro atoms. The van der Waals surface area contributed by atoms with Crippen molar-refractivity contribution >= 4 is 22.6 Å². The number of nitrogens with one attached hydrogen (secondary N) is 1. The Labute approximate surface area is 117 Å². The average Bonchev–Trinajstić information content (AvgIpc) is 2.95. The number of thioether (sulfide) groups is 1. The molecule has 0 saturated heterocycles. The monoisotopic (exact) mass is 305 g/mol. The molecule has 1 aliphatic carbocycles. The van der Waals surface area contributed by atoms with Crippen LogP contribution in [0.25, 0.3) is 0 Å². The van der Waals surface area contributed by atoms with E-state index in [1.807, 2.05) is 0 Å². The maximum absolute atomic E-state index is 13.1. The number of alkyl halides is 3. The van der Waals surface area contributed by atoms with Gasteiger partial charge in [0.25, 0.3) is 5.56 Å². The molecule has 110 valence electrons. The minimum Gasteiger partial charge on any atom is -0.268 e. The van der Waals surface area contributed by atoms with Crippen molar-refractivity contribution in [3.63, 3.8) is 0 Å². The lowest BCUT2D eigenvalue weighted by molar-refractivity contribution is -0.129. The summed E-state index contributed by atoms with van der Waals surface area (Å²) in [6, 6.07) is 0.0555. The van der Waals surface area contributed by atoms with Crippen LogP contribution < -0.4 is 5.56 Å². The number of hydrogen-bond donors (Lipinski definition) is 1. The number of aromatic amines is 1. The molecule has 1 aliphatic heterocycles. The molecule has 1 N–H and O–H groups in total. The molecule has 0 aromatic carbocycles.